The van der Waals surface area contributed by atoms with Crippen molar-refractivity contribution < 1.29 is 18.7 Å². The standard InChI is InChI=1S/C16H19FN2O3/c1-22-15(20)5-4-8-18-16(21)12-6-7-14(13(17)11-12)19-9-2-3-10-19/h4-7,11H,2-3,8-10H2,1H3,(H,18,21)/b5-4+. The molecule has 0 spiro atoms. The first-order valence-electron chi connectivity index (χ1n) is 7.19. The molecule has 1 saturated heterocycles. The number of hydrogen-bond acceptors (Lipinski definition) is 4. The highest BCUT2D eigenvalue weighted by atomic mass is 19.1. The van der Waals surface area contributed by atoms with Gasteiger partial charge in [0.15, 0.2) is 0 Å². The van der Waals surface area contributed by atoms with Crippen molar-refractivity contribution in [1.82, 2.24) is 5.32 Å². The van der Waals surface area contributed by atoms with Crippen molar-refractivity contribution >= 4 is 17.6 Å². The van der Waals surface area contributed by atoms with Crippen LogP contribution in [0.3, 0.4) is 0 Å². The molecule has 2 rings (SSSR count). The molecule has 1 fully saturated rings. The lowest BCUT2D eigenvalue weighted by atomic mass is 10.1. The maximum Gasteiger partial charge on any atom is 0.330 e. The summed E-state index contributed by atoms with van der Waals surface area (Å²) in [6.07, 6.45) is 4.82. The molecule has 5 nitrogen and oxygen atoms in total. The zero-order chi connectivity index (χ0) is 15.9. The van der Waals surface area contributed by atoms with Gasteiger partial charge in [0.25, 0.3) is 5.91 Å². The van der Waals surface area contributed by atoms with Gasteiger partial charge < -0.3 is 15.0 Å². The molecule has 118 valence electrons. The lowest BCUT2D eigenvalue weighted by molar-refractivity contribution is -0.134. The number of benzene rings is 1. The van der Waals surface area contributed by atoms with Crippen LogP contribution in [0.2, 0.25) is 0 Å². The van der Waals surface area contributed by atoms with E-state index in [9.17, 15) is 14.0 Å². The zero-order valence-corrected chi connectivity index (χ0v) is 12.5. The van der Waals surface area contributed by atoms with Crippen molar-refractivity contribution in [2.75, 3.05) is 31.6 Å². The number of rotatable bonds is 5. The average Bonchev–Trinajstić information content (AvgIpc) is 3.05. The summed E-state index contributed by atoms with van der Waals surface area (Å²) in [5.41, 5.74) is 0.798. The molecule has 0 radical (unpaired) electrons. The van der Waals surface area contributed by atoms with E-state index in [4.69, 9.17) is 0 Å². The second kappa shape index (κ2) is 7.59. The van der Waals surface area contributed by atoms with Gasteiger partial charge in [-0.2, -0.15) is 0 Å². The van der Waals surface area contributed by atoms with Gasteiger partial charge in [0, 0.05) is 31.3 Å². The molecule has 1 aromatic carbocycles. The number of anilines is 1. The molecule has 1 aliphatic heterocycles. The number of carbonyl (C=O) groups is 2. The first-order valence-corrected chi connectivity index (χ1v) is 7.19. The molecule has 0 aliphatic carbocycles. The van der Waals surface area contributed by atoms with Crippen molar-refractivity contribution in [1.29, 1.82) is 0 Å². The van der Waals surface area contributed by atoms with E-state index in [1.165, 1.54) is 25.3 Å². The first-order chi connectivity index (χ1) is 10.6. The summed E-state index contributed by atoms with van der Waals surface area (Å²) in [7, 11) is 1.27. The second-order valence-corrected chi connectivity index (χ2v) is 5.00. The fourth-order valence-corrected chi connectivity index (χ4v) is 2.34. The monoisotopic (exact) mass is 306 g/mol. The maximum absolute atomic E-state index is 14.1. The summed E-state index contributed by atoms with van der Waals surface area (Å²) in [5, 5.41) is 2.58. The molecule has 0 saturated carbocycles. The quantitative estimate of drug-likeness (QED) is 0.666. The minimum atomic E-state index is -0.491. The number of halogens is 1. The number of hydrogen-bond donors (Lipinski definition) is 1. The Balaban J connectivity index is 1.94. The van der Waals surface area contributed by atoms with Gasteiger partial charge in [0.05, 0.1) is 12.8 Å². The van der Waals surface area contributed by atoms with E-state index in [1.54, 1.807) is 12.1 Å². The summed E-state index contributed by atoms with van der Waals surface area (Å²) >= 11 is 0. The Labute approximate surface area is 128 Å². The van der Waals surface area contributed by atoms with E-state index in [0.717, 1.165) is 25.9 Å². The van der Waals surface area contributed by atoms with Gasteiger partial charge in [-0.05, 0) is 31.0 Å². The molecule has 0 atom stereocenters. The summed E-state index contributed by atoms with van der Waals surface area (Å²) in [4.78, 5) is 24.7. The molecule has 0 bridgehead atoms. The lowest BCUT2D eigenvalue weighted by Crippen LogP contribution is -2.24. The van der Waals surface area contributed by atoms with E-state index in [1.807, 2.05) is 4.90 Å². The van der Waals surface area contributed by atoms with Crippen molar-refractivity contribution in [3.63, 3.8) is 0 Å². The van der Waals surface area contributed by atoms with E-state index in [2.05, 4.69) is 10.1 Å². The molecule has 1 aliphatic rings. The third-order valence-corrected chi connectivity index (χ3v) is 3.49. The van der Waals surface area contributed by atoms with Gasteiger partial charge in [0.2, 0.25) is 0 Å². The third kappa shape index (κ3) is 4.07. The molecular formula is C16H19FN2O3. The number of carbonyl (C=O) groups excluding carboxylic acids is 2. The van der Waals surface area contributed by atoms with Crippen molar-refractivity contribution in [3.8, 4) is 0 Å². The Hall–Kier alpha value is -2.37. The number of ether oxygens (including phenoxy) is 1. The van der Waals surface area contributed by atoms with Crippen LogP contribution in [-0.4, -0.2) is 38.6 Å². The van der Waals surface area contributed by atoms with E-state index < -0.39 is 5.97 Å². The first kappa shape index (κ1) is 16.0. The van der Waals surface area contributed by atoms with Gasteiger partial charge in [-0.1, -0.05) is 6.08 Å². The second-order valence-electron chi connectivity index (χ2n) is 5.00. The molecule has 22 heavy (non-hydrogen) atoms. The smallest absolute Gasteiger partial charge is 0.330 e. The summed E-state index contributed by atoms with van der Waals surface area (Å²) < 4.78 is 18.5. The van der Waals surface area contributed by atoms with E-state index in [-0.39, 0.29) is 23.8 Å². The number of nitrogens with zero attached hydrogens (tertiary/aromatic N) is 1. The van der Waals surface area contributed by atoms with Crippen molar-refractivity contribution in [2.45, 2.75) is 12.8 Å². The van der Waals surface area contributed by atoms with Crippen molar-refractivity contribution in [3.05, 3.63) is 41.7 Å². The highest BCUT2D eigenvalue weighted by molar-refractivity contribution is 5.94. The number of nitrogens with one attached hydrogen (secondary N) is 1. The molecule has 0 aromatic heterocycles. The summed E-state index contributed by atoms with van der Waals surface area (Å²) in [6, 6.07) is 4.49. The Morgan fingerprint density at radius 1 is 1.36 bits per heavy atom. The SMILES string of the molecule is COC(=O)/C=C/CNC(=O)c1ccc(N2CCCC2)c(F)c1. The number of esters is 1. The molecule has 6 heteroatoms. The summed E-state index contributed by atoms with van der Waals surface area (Å²) in [6.45, 7) is 1.87. The van der Waals surface area contributed by atoms with Gasteiger partial charge >= 0.3 is 5.97 Å². The van der Waals surface area contributed by atoms with Crippen LogP contribution in [-0.2, 0) is 9.53 Å². The van der Waals surface area contributed by atoms with Crippen LogP contribution >= 0.6 is 0 Å². The zero-order valence-electron chi connectivity index (χ0n) is 12.5. The number of methoxy groups -OCH3 is 1. The fraction of sp³-hybridized carbons (Fsp3) is 0.375. The molecule has 0 unspecified atom stereocenters. The predicted octanol–water partition coefficient (Wildman–Crippen LogP) is 1.88. The molecule has 1 aromatic rings. The van der Waals surface area contributed by atoms with Crippen molar-refractivity contribution in [2.24, 2.45) is 0 Å². The van der Waals surface area contributed by atoms with Crippen LogP contribution in [0.25, 0.3) is 0 Å². The average molecular weight is 306 g/mol. The van der Waals surface area contributed by atoms with Gasteiger partial charge in [0.1, 0.15) is 5.82 Å². The van der Waals surface area contributed by atoms with Gasteiger partial charge in [-0.25, -0.2) is 9.18 Å². The molecule has 1 N–H and O–H groups in total. The van der Waals surface area contributed by atoms with Crippen LogP contribution in [0, 0.1) is 5.82 Å². The Morgan fingerprint density at radius 2 is 2.09 bits per heavy atom. The molecule has 1 heterocycles. The van der Waals surface area contributed by atoms with E-state index >= 15 is 0 Å². The molecule has 1 amide bonds. The van der Waals surface area contributed by atoms with Crippen LogP contribution in [0.4, 0.5) is 10.1 Å². The topological polar surface area (TPSA) is 58.6 Å². The summed E-state index contributed by atoms with van der Waals surface area (Å²) in [5.74, 6) is -1.27. The minimum absolute atomic E-state index is 0.170. The normalized spacial score (nSPS) is 14.4. The van der Waals surface area contributed by atoms with Crippen LogP contribution in [0.15, 0.2) is 30.4 Å². The Kier molecular flexibility index (Phi) is 5.52. The molecular weight excluding hydrogens is 287 g/mol. The van der Waals surface area contributed by atoms with Gasteiger partial charge in [-0.15, -0.1) is 0 Å². The maximum atomic E-state index is 14.1. The van der Waals surface area contributed by atoms with E-state index in [0.29, 0.717) is 5.69 Å². The highest BCUT2D eigenvalue weighted by Gasteiger charge is 2.17. The number of amides is 1. The van der Waals surface area contributed by atoms with Crippen LogP contribution < -0.4 is 10.2 Å². The largest absolute Gasteiger partial charge is 0.466 e. The Bertz CT molecular complexity index is 581. The predicted molar refractivity (Wildman–Crippen MR) is 81.3 cm³/mol. The van der Waals surface area contributed by atoms with Crippen LogP contribution in [0.5, 0.6) is 0 Å². The third-order valence-electron chi connectivity index (χ3n) is 3.49. The lowest BCUT2D eigenvalue weighted by Gasteiger charge is -2.18. The fourth-order valence-electron chi connectivity index (χ4n) is 2.34. The Morgan fingerprint density at radius 3 is 2.73 bits per heavy atom. The minimum Gasteiger partial charge on any atom is -0.466 e. The van der Waals surface area contributed by atoms with Gasteiger partial charge in [-0.3, -0.25) is 4.79 Å². The van der Waals surface area contributed by atoms with Crippen LogP contribution in [0.1, 0.15) is 23.2 Å². The highest BCUT2D eigenvalue weighted by Crippen LogP contribution is 2.24.